The molecule has 110 valence electrons. The van der Waals surface area contributed by atoms with E-state index in [2.05, 4.69) is 43.9 Å². The summed E-state index contributed by atoms with van der Waals surface area (Å²) in [5.74, 6) is 0.292. The van der Waals surface area contributed by atoms with Crippen LogP contribution in [-0.4, -0.2) is 24.2 Å². The summed E-state index contributed by atoms with van der Waals surface area (Å²) >= 11 is 0. The maximum Gasteiger partial charge on any atom is 0.331 e. The lowest BCUT2D eigenvalue weighted by molar-refractivity contribution is -0.146. The third-order valence-corrected chi connectivity index (χ3v) is 4.36. The summed E-state index contributed by atoms with van der Waals surface area (Å²) in [6.07, 6.45) is 1.02. The molecule has 0 fully saturated rings. The first-order chi connectivity index (χ1) is 9.21. The van der Waals surface area contributed by atoms with Crippen LogP contribution in [0.4, 0.5) is 5.69 Å². The molecule has 1 aromatic carbocycles. The van der Waals surface area contributed by atoms with Crippen LogP contribution in [0.25, 0.3) is 0 Å². The van der Waals surface area contributed by atoms with Gasteiger partial charge < -0.3 is 9.64 Å². The number of carbonyl (C=O) groups is 1. The molecule has 3 nitrogen and oxygen atoms in total. The van der Waals surface area contributed by atoms with Crippen molar-refractivity contribution in [1.82, 2.24) is 0 Å². The molecule has 1 aliphatic rings. The highest BCUT2D eigenvalue weighted by Crippen LogP contribution is 2.46. The van der Waals surface area contributed by atoms with Crippen molar-refractivity contribution in [3.05, 3.63) is 29.8 Å². The van der Waals surface area contributed by atoms with Crippen LogP contribution in [0, 0.1) is 0 Å². The van der Waals surface area contributed by atoms with E-state index < -0.39 is 5.54 Å². The molecule has 0 aliphatic carbocycles. The average Bonchev–Trinajstić information content (AvgIpc) is 2.36. The quantitative estimate of drug-likeness (QED) is 0.770. The van der Waals surface area contributed by atoms with Gasteiger partial charge >= 0.3 is 5.97 Å². The highest BCUT2D eigenvalue weighted by Gasteiger charge is 2.47. The number of benzene rings is 1. The minimum Gasteiger partial charge on any atom is -0.467 e. The highest BCUT2D eigenvalue weighted by molar-refractivity contribution is 5.85. The zero-order chi connectivity index (χ0) is 15.1. The van der Waals surface area contributed by atoms with Crippen LogP contribution in [0.1, 0.15) is 52.5 Å². The van der Waals surface area contributed by atoms with E-state index in [1.807, 2.05) is 19.9 Å². The van der Waals surface area contributed by atoms with Gasteiger partial charge in [0.2, 0.25) is 0 Å². The molecule has 3 heteroatoms. The summed E-state index contributed by atoms with van der Waals surface area (Å²) in [5, 5.41) is 0. The molecule has 0 saturated heterocycles. The molecule has 0 saturated carbocycles. The van der Waals surface area contributed by atoms with Crippen molar-refractivity contribution in [3.63, 3.8) is 0 Å². The van der Waals surface area contributed by atoms with Gasteiger partial charge in [-0.15, -0.1) is 0 Å². The molecule has 2 rings (SSSR count). The fraction of sp³-hybridized carbons (Fsp3) is 0.588. The van der Waals surface area contributed by atoms with Gasteiger partial charge in [-0.1, -0.05) is 25.1 Å². The number of esters is 1. The smallest absolute Gasteiger partial charge is 0.331 e. The zero-order valence-corrected chi connectivity index (χ0v) is 13.4. The summed E-state index contributed by atoms with van der Waals surface area (Å²) in [5.41, 5.74) is 1.68. The van der Waals surface area contributed by atoms with Gasteiger partial charge in [0, 0.05) is 11.2 Å². The topological polar surface area (TPSA) is 29.5 Å². The number of methoxy groups -OCH3 is 1. The summed E-state index contributed by atoms with van der Waals surface area (Å²) in [4.78, 5) is 14.5. The van der Waals surface area contributed by atoms with Gasteiger partial charge in [-0.3, -0.25) is 0 Å². The summed E-state index contributed by atoms with van der Waals surface area (Å²) in [7, 11) is 1.45. The first-order valence-corrected chi connectivity index (χ1v) is 7.19. The number of hydrogen-bond donors (Lipinski definition) is 0. The zero-order valence-electron chi connectivity index (χ0n) is 13.4. The first kappa shape index (κ1) is 14.9. The largest absolute Gasteiger partial charge is 0.467 e. The minimum atomic E-state index is -0.686. The number of hydrogen-bond acceptors (Lipinski definition) is 3. The SMILES string of the molecule is COC(=O)C(C)(C)N1c2ccccc2C(C)CC1(C)C. The van der Waals surface area contributed by atoms with E-state index >= 15 is 0 Å². The molecule has 0 N–H and O–H groups in total. The van der Waals surface area contributed by atoms with Crippen molar-refractivity contribution in [2.45, 2.75) is 58.0 Å². The van der Waals surface area contributed by atoms with Gasteiger partial charge in [0.25, 0.3) is 0 Å². The number of fused-ring (bicyclic) bond motifs is 1. The second kappa shape index (κ2) is 4.80. The Balaban J connectivity index is 2.60. The third kappa shape index (κ3) is 2.19. The molecule has 20 heavy (non-hydrogen) atoms. The Bertz CT molecular complexity index is 519. The molecular weight excluding hydrogens is 250 g/mol. The molecule has 1 aliphatic heterocycles. The lowest BCUT2D eigenvalue weighted by Crippen LogP contribution is -2.62. The maximum atomic E-state index is 12.2. The molecule has 1 unspecified atom stereocenters. The predicted octanol–water partition coefficient (Wildman–Crippen LogP) is 3.73. The maximum absolute atomic E-state index is 12.2. The van der Waals surface area contributed by atoms with Gasteiger partial charge in [-0.25, -0.2) is 4.79 Å². The van der Waals surface area contributed by atoms with Crippen molar-refractivity contribution in [1.29, 1.82) is 0 Å². The van der Waals surface area contributed by atoms with Crippen LogP contribution < -0.4 is 4.90 Å². The summed E-state index contributed by atoms with van der Waals surface area (Å²) in [6.45, 7) is 10.5. The fourth-order valence-corrected chi connectivity index (χ4v) is 3.78. The van der Waals surface area contributed by atoms with E-state index in [4.69, 9.17) is 4.74 Å². The Labute approximate surface area is 121 Å². The Morgan fingerprint density at radius 2 is 1.95 bits per heavy atom. The standard InChI is InChI=1S/C17H25NO2/c1-12-11-16(2,3)18(17(4,5)15(19)20-6)14-10-8-7-9-13(12)14/h7-10,12H,11H2,1-6H3. The van der Waals surface area contributed by atoms with Crippen molar-refractivity contribution in [2.75, 3.05) is 12.0 Å². The van der Waals surface area contributed by atoms with Crippen molar-refractivity contribution in [2.24, 2.45) is 0 Å². The van der Waals surface area contributed by atoms with Gasteiger partial charge in [0.1, 0.15) is 5.54 Å². The number of para-hydroxylation sites is 1. The van der Waals surface area contributed by atoms with E-state index in [1.54, 1.807) is 0 Å². The average molecular weight is 275 g/mol. The predicted molar refractivity (Wildman–Crippen MR) is 82.1 cm³/mol. The lowest BCUT2D eigenvalue weighted by Gasteiger charge is -2.53. The number of carbonyl (C=O) groups excluding carboxylic acids is 1. The fourth-order valence-electron chi connectivity index (χ4n) is 3.78. The Morgan fingerprint density at radius 3 is 2.55 bits per heavy atom. The molecular formula is C17H25NO2. The van der Waals surface area contributed by atoms with Crippen LogP contribution in [0.5, 0.6) is 0 Å². The molecule has 1 aromatic rings. The van der Waals surface area contributed by atoms with Crippen LogP contribution in [0.2, 0.25) is 0 Å². The summed E-state index contributed by atoms with van der Waals surface area (Å²) in [6, 6.07) is 8.37. The Kier molecular flexibility index (Phi) is 3.57. The molecule has 0 radical (unpaired) electrons. The molecule has 0 amide bonds. The van der Waals surface area contributed by atoms with E-state index in [0.29, 0.717) is 5.92 Å². The molecule has 1 heterocycles. The van der Waals surface area contributed by atoms with Gasteiger partial charge in [0.05, 0.1) is 7.11 Å². The van der Waals surface area contributed by atoms with Crippen LogP contribution >= 0.6 is 0 Å². The molecule has 0 spiro atoms. The normalized spacial score (nSPS) is 21.3. The van der Waals surface area contributed by atoms with E-state index in [9.17, 15) is 4.79 Å². The van der Waals surface area contributed by atoms with Crippen LogP contribution in [-0.2, 0) is 9.53 Å². The van der Waals surface area contributed by atoms with Crippen molar-refractivity contribution in [3.8, 4) is 0 Å². The second-order valence-corrected chi connectivity index (χ2v) is 6.86. The van der Waals surface area contributed by atoms with Crippen LogP contribution in [0.3, 0.4) is 0 Å². The third-order valence-electron chi connectivity index (χ3n) is 4.36. The Hall–Kier alpha value is -1.51. The molecule has 1 atom stereocenters. The van der Waals surface area contributed by atoms with E-state index in [1.165, 1.54) is 12.7 Å². The Morgan fingerprint density at radius 1 is 1.35 bits per heavy atom. The number of nitrogens with zero attached hydrogens (tertiary/aromatic N) is 1. The first-order valence-electron chi connectivity index (χ1n) is 7.19. The van der Waals surface area contributed by atoms with Crippen molar-refractivity contribution < 1.29 is 9.53 Å². The number of ether oxygens (including phenoxy) is 1. The summed E-state index contributed by atoms with van der Waals surface area (Å²) < 4.78 is 5.02. The van der Waals surface area contributed by atoms with Crippen molar-refractivity contribution >= 4 is 11.7 Å². The number of anilines is 1. The van der Waals surface area contributed by atoms with Crippen LogP contribution in [0.15, 0.2) is 24.3 Å². The van der Waals surface area contributed by atoms with Gasteiger partial charge in [-0.05, 0) is 51.7 Å². The lowest BCUT2D eigenvalue weighted by atomic mass is 9.77. The van der Waals surface area contributed by atoms with E-state index in [-0.39, 0.29) is 11.5 Å². The minimum absolute atomic E-state index is 0.0918. The molecule has 0 bridgehead atoms. The highest BCUT2D eigenvalue weighted by atomic mass is 16.5. The van der Waals surface area contributed by atoms with E-state index in [0.717, 1.165) is 12.1 Å². The monoisotopic (exact) mass is 275 g/mol. The second-order valence-electron chi connectivity index (χ2n) is 6.86. The van der Waals surface area contributed by atoms with Gasteiger partial charge in [-0.2, -0.15) is 0 Å². The van der Waals surface area contributed by atoms with Gasteiger partial charge in [0.15, 0.2) is 0 Å². The number of rotatable bonds is 2. The molecule has 0 aromatic heterocycles.